The Kier molecular flexibility index (Phi) is 5.89. The molecular formula is C24H28N2O3. The quantitative estimate of drug-likeness (QED) is 0.751. The number of hydrogen-bond donors (Lipinski definition) is 1. The number of imide groups is 1. The summed E-state index contributed by atoms with van der Waals surface area (Å²) in [5.41, 5.74) is 4.53. The van der Waals surface area contributed by atoms with Gasteiger partial charge in [0.05, 0.1) is 18.7 Å². The van der Waals surface area contributed by atoms with E-state index in [9.17, 15) is 9.59 Å². The Bertz CT molecular complexity index is 936. The first-order valence-electron chi connectivity index (χ1n) is 9.76. The van der Waals surface area contributed by atoms with Gasteiger partial charge in [0.2, 0.25) is 0 Å². The minimum Gasteiger partial charge on any atom is -0.383 e. The molecule has 0 atom stereocenters. The van der Waals surface area contributed by atoms with Crippen molar-refractivity contribution < 1.29 is 14.3 Å². The Hall–Kier alpha value is -2.92. The van der Waals surface area contributed by atoms with Crippen LogP contribution in [0.15, 0.2) is 54.2 Å². The predicted octanol–water partition coefficient (Wildman–Crippen LogP) is 4.13. The lowest BCUT2D eigenvalue weighted by Crippen LogP contribution is -2.35. The highest BCUT2D eigenvalue weighted by Gasteiger charge is 2.38. The lowest BCUT2D eigenvalue weighted by Gasteiger charge is -2.19. The van der Waals surface area contributed by atoms with Gasteiger partial charge >= 0.3 is 0 Å². The average molecular weight is 392 g/mol. The Labute approximate surface area is 172 Å². The van der Waals surface area contributed by atoms with Gasteiger partial charge < -0.3 is 10.1 Å². The highest BCUT2D eigenvalue weighted by molar-refractivity contribution is 6.36. The van der Waals surface area contributed by atoms with Crippen molar-refractivity contribution in [2.24, 2.45) is 0 Å². The molecule has 1 heterocycles. The van der Waals surface area contributed by atoms with Crippen LogP contribution in [-0.4, -0.2) is 37.0 Å². The first kappa shape index (κ1) is 20.8. The molecule has 0 unspecified atom stereocenters. The van der Waals surface area contributed by atoms with E-state index in [1.807, 2.05) is 55.5 Å². The van der Waals surface area contributed by atoms with E-state index in [4.69, 9.17) is 4.74 Å². The van der Waals surface area contributed by atoms with E-state index in [1.165, 1.54) is 10.5 Å². The van der Waals surface area contributed by atoms with Crippen molar-refractivity contribution in [1.82, 2.24) is 4.90 Å². The van der Waals surface area contributed by atoms with E-state index in [-0.39, 0.29) is 23.8 Å². The lowest BCUT2D eigenvalue weighted by atomic mass is 9.87. The summed E-state index contributed by atoms with van der Waals surface area (Å²) in [5.74, 6) is -0.632. The van der Waals surface area contributed by atoms with Gasteiger partial charge in [-0.05, 0) is 35.6 Å². The molecule has 0 saturated heterocycles. The van der Waals surface area contributed by atoms with Crippen molar-refractivity contribution in [3.63, 3.8) is 0 Å². The fourth-order valence-corrected chi connectivity index (χ4v) is 3.26. The third-order valence-electron chi connectivity index (χ3n) is 5.05. The Morgan fingerprint density at radius 3 is 2.10 bits per heavy atom. The van der Waals surface area contributed by atoms with E-state index in [0.717, 1.165) is 16.8 Å². The maximum atomic E-state index is 13.0. The monoisotopic (exact) mass is 392 g/mol. The second-order valence-electron chi connectivity index (χ2n) is 8.32. The van der Waals surface area contributed by atoms with Crippen LogP contribution < -0.4 is 5.32 Å². The zero-order chi connectivity index (χ0) is 21.2. The second-order valence-corrected chi connectivity index (χ2v) is 8.32. The van der Waals surface area contributed by atoms with Gasteiger partial charge in [0.15, 0.2) is 0 Å². The number of methoxy groups -OCH3 is 1. The molecule has 1 aliphatic rings. The van der Waals surface area contributed by atoms with Crippen LogP contribution in [0.5, 0.6) is 0 Å². The minimum atomic E-state index is -0.331. The summed E-state index contributed by atoms with van der Waals surface area (Å²) in [6.45, 7) is 8.96. The van der Waals surface area contributed by atoms with Crippen LogP contribution in [0.2, 0.25) is 0 Å². The van der Waals surface area contributed by atoms with E-state index >= 15 is 0 Å². The SMILES string of the molecule is COCCN1C(=O)C(Nc2ccc(C(C)(C)C)cc2)=C(c2ccc(C)cc2)C1=O. The largest absolute Gasteiger partial charge is 0.383 e. The highest BCUT2D eigenvalue weighted by Crippen LogP contribution is 2.31. The van der Waals surface area contributed by atoms with Gasteiger partial charge in [-0.2, -0.15) is 0 Å². The normalized spacial score (nSPS) is 14.7. The van der Waals surface area contributed by atoms with Crippen LogP contribution in [0.4, 0.5) is 5.69 Å². The molecule has 0 fully saturated rings. The van der Waals surface area contributed by atoms with Gasteiger partial charge in [0, 0.05) is 12.8 Å². The highest BCUT2D eigenvalue weighted by atomic mass is 16.5. The Balaban J connectivity index is 1.98. The maximum absolute atomic E-state index is 13.0. The number of carbonyl (C=O) groups excluding carboxylic acids is 2. The summed E-state index contributed by atoms with van der Waals surface area (Å²) in [7, 11) is 1.55. The number of anilines is 1. The number of rotatable bonds is 6. The third-order valence-corrected chi connectivity index (χ3v) is 5.05. The second kappa shape index (κ2) is 8.21. The number of aryl methyl sites for hydroxylation is 1. The van der Waals surface area contributed by atoms with Gasteiger partial charge in [-0.15, -0.1) is 0 Å². The molecule has 3 rings (SSSR count). The summed E-state index contributed by atoms with van der Waals surface area (Å²) in [6.07, 6.45) is 0. The van der Waals surface area contributed by atoms with Crippen LogP contribution in [0.25, 0.3) is 5.57 Å². The van der Waals surface area contributed by atoms with E-state index in [0.29, 0.717) is 17.9 Å². The van der Waals surface area contributed by atoms with Crippen LogP contribution >= 0.6 is 0 Å². The summed E-state index contributed by atoms with van der Waals surface area (Å²) >= 11 is 0. The molecule has 5 nitrogen and oxygen atoms in total. The molecule has 152 valence electrons. The van der Waals surface area contributed by atoms with Crippen molar-refractivity contribution in [2.75, 3.05) is 25.6 Å². The first-order valence-corrected chi connectivity index (χ1v) is 9.76. The van der Waals surface area contributed by atoms with E-state index < -0.39 is 0 Å². The fraction of sp³-hybridized carbons (Fsp3) is 0.333. The van der Waals surface area contributed by atoms with E-state index in [1.54, 1.807) is 7.11 Å². The third kappa shape index (κ3) is 4.40. The zero-order valence-corrected chi connectivity index (χ0v) is 17.7. The molecule has 0 radical (unpaired) electrons. The number of benzene rings is 2. The Morgan fingerprint density at radius 2 is 1.55 bits per heavy atom. The zero-order valence-electron chi connectivity index (χ0n) is 17.7. The maximum Gasteiger partial charge on any atom is 0.278 e. The molecule has 0 bridgehead atoms. The number of nitrogens with one attached hydrogen (secondary N) is 1. The molecule has 1 N–H and O–H groups in total. The number of carbonyl (C=O) groups is 2. The number of ether oxygens (including phenoxy) is 1. The predicted molar refractivity (Wildman–Crippen MR) is 115 cm³/mol. The van der Waals surface area contributed by atoms with Crippen molar-refractivity contribution in [2.45, 2.75) is 33.1 Å². The van der Waals surface area contributed by atoms with Crippen molar-refractivity contribution in [3.8, 4) is 0 Å². The molecule has 0 aliphatic carbocycles. The van der Waals surface area contributed by atoms with Crippen molar-refractivity contribution in [3.05, 3.63) is 70.9 Å². The summed E-state index contributed by atoms with van der Waals surface area (Å²) in [5, 5.41) is 3.20. The smallest absolute Gasteiger partial charge is 0.278 e. The van der Waals surface area contributed by atoms with Gasteiger partial charge in [-0.1, -0.05) is 62.7 Å². The van der Waals surface area contributed by atoms with Crippen molar-refractivity contribution in [1.29, 1.82) is 0 Å². The average Bonchev–Trinajstić information content (AvgIpc) is 2.90. The van der Waals surface area contributed by atoms with Crippen LogP contribution in [-0.2, 0) is 19.7 Å². The molecule has 5 heteroatoms. The van der Waals surface area contributed by atoms with Gasteiger partial charge in [-0.3, -0.25) is 14.5 Å². The standard InChI is InChI=1S/C24H28N2O3/c1-16-6-8-17(9-7-16)20-21(23(28)26(22(20)27)14-15-29-5)25-19-12-10-18(11-13-19)24(2,3)4/h6-13,25H,14-15H2,1-5H3. The first-order chi connectivity index (χ1) is 13.7. The van der Waals surface area contributed by atoms with Gasteiger partial charge in [0.1, 0.15) is 5.70 Å². The molecule has 29 heavy (non-hydrogen) atoms. The molecule has 0 spiro atoms. The molecular weight excluding hydrogens is 364 g/mol. The summed E-state index contributed by atoms with van der Waals surface area (Å²) < 4.78 is 5.07. The van der Waals surface area contributed by atoms with Crippen LogP contribution in [0, 0.1) is 6.92 Å². The van der Waals surface area contributed by atoms with Crippen LogP contribution in [0.1, 0.15) is 37.5 Å². The fourth-order valence-electron chi connectivity index (χ4n) is 3.26. The lowest BCUT2D eigenvalue weighted by molar-refractivity contribution is -0.137. The van der Waals surface area contributed by atoms with Crippen LogP contribution in [0.3, 0.4) is 0 Å². The minimum absolute atomic E-state index is 0.0426. The van der Waals surface area contributed by atoms with Gasteiger partial charge in [-0.25, -0.2) is 0 Å². The van der Waals surface area contributed by atoms with Crippen molar-refractivity contribution >= 4 is 23.1 Å². The number of nitrogens with zero attached hydrogens (tertiary/aromatic N) is 1. The number of amides is 2. The topological polar surface area (TPSA) is 58.6 Å². The molecule has 2 amide bonds. The molecule has 2 aromatic carbocycles. The molecule has 1 aliphatic heterocycles. The molecule has 2 aromatic rings. The molecule has 0 aromatic heterocycles. The van der Waals surface area contributed by atoms with Gasteiger partial charge in [0.25, 0.3) is 11.8 Å². The summed E-state index contributed by atoms with van der Waals surface area (Å²) in [4.78, 5) is 27.3. The molecule has 0 saturated carbocycles. The Morgan fingerprint density at radius 1 is 0.931 bits per heavy atom. The number of hydrogen-bond acceptors (Lipinski definition) is 4. The van der Waals surface area contributed by atoms with E-state index in [2.05, 4.69) is 26.1 Å². The summed E-state index contributed by atoms with van der Waals surface area (Å²) in [6, 6.07) is 15.6.